The molecule has 0 saturated carbocycles. The summed E-state index contributed by atoms with van der Waals surface area (Å²) in [6.07, 6.45) is 0.723. The summed E-state index contributed by atoms with van der Waals surface area (Å²) in [7, 11) is 0. The Bertz CT molecular complexity index is 408. The molecule has 1 heterocycles. The second-order valence-electron chi connectivity index (χ2n) is 4.54. The van der Waals surface area contributed by atoms with Crippen molar-refractivity contribution in [3.8, 4) is 0 Å². The average Bonchev–Trinajstić information content (AvgIpc) is 2.86. The van der Waals surface area contributed by atoms with Gasteiger partial charge in [-0.2, -0.15) is 0 Å². The van der Waals surface area contributed by atoms with Gasteiger partial charge in [0.15, 0.2) is 0 Å². The Balaban J connectivity index is 1.80. The van der Waals surface area contributed by atoms with E-state index in [1.165, 1.54) is 12.1 Å². The van der Waals surface area contributed by atoms with Crippen LogP contribution in [0.25, 0.3) is 0 Å². The van der Waals surface area contributed by atoms with Gasteiger partial charge in [0.05, 0.1) is 6.67 Å². The number of likely N-dealkylation sites (tertiary alicyclic amines) is 1. The van der Waals surface area contributed by atoms with Gasteiger partial charge in [0.25, 0.3) is 0 Å². The first-order valence-electron chi connectivity index (χ1n) is 6.02. The first-order chi connectivity index (χ1) is 8.69. The van der Waals surface area contributed by atoms with Crippen molar-refractivity contribution in [3.05, 3.63) is 35.6 Å². The van der Waals surface area contributed by atoms with Gasteiger partial charge in [0, 0.05) is 25.6 Å². The molecule has 1 aliphatic rings. The van der Waals surface area contributed by atoms with Crippen LogP contribution in [0.15, 0.2) is 24.3 Å². The molecule has 2 amide bonds. The number of halogens is 2. The molecule has 1 atom stereocenters. The van der Waals surface area contributed by atoms with E-state index < -0.39 is 0 Å². The van der Waals surface area contributed by atoms with Crippen molar-refractivity contribution in [1.82, 2.24) is 10.2 Å². The lowest BCUT2D eigenvalue weighted by molar-refractivity contribution is 0.205. The number of carbonyl (C=O) groups excluding carboxylic acids is 1. The number of benzene rings is 1. The molecule has 0 bridgehead atoms. The first kappa shape index (κ1) is 12.8. The third kappa shape index (κ3) is 3.18. The number of nitrogens with zero attached hydrogens (tertiary/aromatic N) is 1. The van der Waals surface area contributed by atoms with Gasteiger partial charge in [-0.1, -0.05) is 12.1 Å². The Labute approximate surface area is 105 Å². The Morgan fingerprint density at radius 1 is 1.39 bits per heavy atom. The van der Waals surface area contributed by atoms with Gasteiger partial charge in [-0.25, -0.2) is 9.18 Å². The molecule has 1 saturated heterocycles. The number of carbonyl (C=O) groups is 1. The number of rotatable bonds is 3. The van der Waals surface area contributed by atoms with E-state index in [0.717, 1.165) is 12.0 Å². The number of amides is 2. The zero-order valence-corrected chi connectivity index (χ0v) is 10.0. The maximum absolute atomic E-state index is 12.7. The minimum absolute atomic E-state index is 0.0263. The van der Waals surface area contributed by atoms with Crippen molar-refractivity contribution < 1.29 is 13.6 Å². The molecule has 5 heteroatoms. The zero-order chi connectivity index (χ0) is 13.0. The van der Waals surface area contributed by atoms with Gasteiger partial charge >= 0.3 is 6.03 Å². The zero-order valence-electron chi connectivity index (χ0n) is 10.0. The van der Waals surface area contributed by atoms with Crippen molar-refractivity contribution in [2.24, 2.45) is 5.92 Å². The van der Waals surface area contributed by atoms with Crippen molar-refractivity contribution in [1.29, 1.82) is 0 Å². The molecule has 1 N–H and O–H groups in total. The Morgan fingerprint density at radius 3 is 2.72 bits per heavy atom. The van der Waals surface area contributed by atoms with Crippen molar-refractivity contribution in [2.45, 2.75) is 13.0 Å². The van der Waals surface area contributed by atoms with Gasteiger partial charge < -0.3 is 10.2 Å². The fraction of sp³-hybridized carbons (Fsp3) is 0.462. The quantitative estimate of drug-likeness (QED) is 0.882. The molecule has 98 valence electrons. The summed E-state index contributed by atoms with van der Waals surface area (Å²) < 4.78 is 25.1. The highest BCUT2D eigenvalue weighted by Gasteiger charge is 2.25. The van der Waals surface area contributed by atoms with Crippen molar-refractivity contribution in [3.63, 3.8) is 0 Å². The number of hydrogen-bond acceptors (Lipinski definition) is 1. The van der Waals surface area contributed by atoms with Gasteiger partial charge in [0.2, 0.25) is 0 Å². The van der Waals surface area contributed by atoms with Crippen LogP contribution in [0, 0.1) is 11.7 Å². The standard InChI is InChI=1S/C13H16F2N2O/c14-7-11-5-6-17(9-11)13(18)16-8-10-1-3-12(15)4-2-10/h1-4,11H,5-9H2,(H,16,18). The maximum Gasteiger partial charge on any atom is 0.317 e. The van der Waals surface area contributed by atoms with Crippen molar-refractivity contribution in [2.75, 3.05) is 19.8 Å². The lowest BCUT2D eigenvalue weighted by atomic mass is 10.1. The highest BCUT2D eigenvalue weighted by molar-refractivity contribution is 5.74. The summed E-state index contributed by atoms with van der Waals surface area (Å²) >= 11 is 0. The molecule has 0 spiro atoms. The highest BCUT2D eigenvalue weighted by Crippen LogP contribution is 2.16. The molecular formula is C13H16F2N2O. The van der Waals surface area contributed by atoms with Gasteiger partial charge in [-0.05, 0) is 24.1 Å². The predicted octanol–water partition coefficient (Wildman–Crippen LogP) is 2.33. The number of urea groups is 1. The maximum atomic E-state index is 12.7. The van der Waals surface area contributed by atoms with Crippen LogP contribution in [-0.4, -0.2) is 30.7 Å². The van der Waals surface area contributed by atoms with Crippen LogP contribution in [0.5, 0.6) is 0 Å². The van der Waals surface area contributed by atoms with Crippen LogP contribution < -0.4 is 5.32 Å². The Kier molecular flexibility index (Phi) is 4.12. The third-order valence-electron chi connectivity index (χ3n) is 3.15. The summed E-state index contributed by atoms with van der Waals surface area (Å²) in [6.45, 7) is 1.06. The molecule has 1 unspecified atom stereocenters. The van der Waals surface area contributed by atoms with E-state index in [9.17, 15) is 13.6 Å². The third-order valence-corrected chi connectivity index (χ3v) is 3.15. The molecule has 18 heavy (non-hydrogen) atoms. The highest BCUT2D eigenvalue weighted by atomic mass is 19.1. The largest absolute Gasteiger partial charge is 0.334 e. The smallest absolute Gasteiger partial charge is 0.317 e. The Hall–Kier alpha value is -1.65. The molecule has 0 aliphatic carbocycles. The molecule has 0 aromatic heterocycles. The van der Waals surface area contributed by atoms with Crippen LogP contribution >= 0.6 is 0 Å². The normalized spacial score (nSPS) is 19.0. The number of alkyl halides is 1. The van der Waals surface area contributed by atoms with E-state index >= 15 is 0 Å². The van der Waals surface area contributed by atoms with Gasteiger partial charge in [-0.3, -0.25) is 4.39 Å². The van der Waals surface area contributed by atoms with Crippen LogP contribution in [-0.2, 0) is 6.54 Å². The lowest BCUT2D eigenvalue weighted by Crippen LogP contribution is -2.38. The second kappa shape index (κ2) is 5.80. The number of hydrogen-bond donors (Lipinski definition) is 1. The molecule has 1 aromatic rings. The molecule has 0 radical (unpaired) electrons. The topological polar surface area (TPSA) is 32.3 Å². The van der Waals surface area contributed by atoms with E-state index in [1.807, 2.05) is 0 Å². The van der Waals surface area contributed by atoms with Gasteiger partial charge in [-0.15, -0.1) is 0 Å². The summed E-state index contributed by atoms with van der Waals surface area (Å²) in [5.41, 5.74) is 0.839. The molecule has 1 aromatic carbocycles. The van der Waals surface area contributed by atoms with E-state index in [0.29, 0.717) is 19.6 Å². The second-order valence-corrected chi connectivity index (χ2v) is 4.54. The number of nitrogens with one attached hydrogen (secondary N) is 1. The predicted molar refractivity (Wildman–Crippen MR) is 64.3 cm³/mol. The SMILES string of the molecule is O=C(NCc1ccc(F)cc1)N1CCC(CF)C1. The minimum atomic E-state index is -0.373. The summed E-state index contributed by atoms with van der Waals surface area (Å²) in [5, 5.41) is 2.75. The van der Waals surface area contributed by atoms with Crippen LogP contribution in [0.2, 0.25) is 0 Å². The van der Waals surface area contributed by atoms with Crippen molar-refractivity contribution >= 4 is 6.03 Å². The van der Waals surface area contributed by atoms with Crippen LogP contribution in [0.4, 0.5) is 13.6 Å². The molecule has 2 rings (SSSR count). The lowest BCUT2D eigenvalue weighted by Gasteiger charge is -2.16. The van der Waals surface area contributed by atoms with E-state index in [4.69, 9.17) is 0 Å². The summed E-state index contributed by atoms with van der Waals surface area (Å²) in [5.74, 6) is -0.322. The van der Waals surface area contributed by atoms with E-state index in [-0.39, 0.29) is 24.4 Å². The summed E-state index contributed by atoms with van der Waals surface area (Å²) in [4.78, 5) is 13.4. The molecule has 1 aliphatic heterocycles. The summed E-state index contributed by atoms with van der Waals surface area (Å²) in [6, 6.07) is 5.79. The molecular weight excluding hydrogens is 238 g/mol. The average molecular weight is 254 g/mol. The fourth-order valence-corrected chi connectivity index (χ4v) is 2.03. The van der Waals surface area contributed by atoms with Crippen LogP contribution in [0.3, 0.4) is 0 Å². The van der Waals surface area contributed by atoms with E-state index in [1.54, 1.807) is 17.0 Å². The Morgan fingerprint density at radius 2 is 2.11 bits per heavy atom. The fourth-order valence-electron chi connectivity index (χ4n) is 2.03. The molecule has 1 fully saturated rings. The minimum Gasteiger partial charge on any atom is -0.334 e. The first-order valence-corrected chi connectivity index (χ1v) is 6.02. The monoisotopic (exact) mass is 254 g/mol. The van der Waals surface area contributed by atoms with E-state index in [2.05, 4.69) is 5.32 Å². The van der Waals surface area contributed by atoms with Crippen LogP contribution in [0.1, 0.15) is 12.0 Å². The van der Waals surface area contributed by atoms with Gasteiger partial charge in [0.1, 0.15) is 5.82 Å². The molecule has 3 nitrogen and oxygen atoms in total.